The highest BCUT2D eigenvalue weighted by Crippen LogP contribution is 2.28. The van der Waals surface area contributed by atoms with Crippen molar-refractivity contribution in [2.24, 2.45) is 0 Å². The van der Waals surface area contributed by atoms with E-state index in [1.54, 1.807) is 30.3 Å². The van der Waals surface area contributed by atoms with Gasteiger partial charge in [-0.1, -0.05) is 29.3 Å². The molecule has 2 aromatic carbocycles. The van der Waals surface area contributed by atoms with Crippen molar-refractivity contribution in [2.75, 3.05) is 18.5 Å². The Bertz CT molecular complexity index is 779. The molecule has 1 amide bonds. The van der Waals surface area contributed by atoms with E-state index in [4.69, 9.17) is 27.9 Å². The second-order valence-corrected chi connectivity index (χ2v) is 7.62. The van der Waals surface area contributed by atoms with Crippen molar-refractivity contribution in [3.05, 3.63) is 58.1 Å². The first-order chi connectivity index (χ1) is 12.7. The fourth-order valence-corrected chi connectivity index (χ4v) is 2.75. The Labute approximate surface area is 169 Å². The number of anilines is 1. The predicted octanol–water partition coefficient (Wildman–Crippen LogP) is 4.22. The number of ether oxygens (including phenoxy) is 1. The van der Waals surface area contributed by atoms with Gasteiger partial charge in [-0.15, -0.1) is 0 Å². The molecule has 146 valence electrons. The molecule has 3 N–H and O–H groups in total. The molecule has 0 aliphatic heterocycles. The zero-order chi connectivity index (χ0) is 20.0. The van der Waals surface area contributed by atoms with Crippen molar-refractivity contribution < 1.29 is 14.6 Å². The van der Waals surface area contributed by atoms with Crippen molar-refractivity contribution in [1.82, 2.24) is 5.32 Å². The van der Waals surface area contributed by atoms with Gasteiger partial charge in [0.05, 0.1) is 10.0 Å². The minimum atomic E-state index is -0.693. The maximum Gasteiger partial charge on any atom is 0.221 e. The first kappa shape index (κ1) is 21.5. The number of aliphatic hydroxyl groups excluding tert-OH is 1. The van der Waals surface area contributed by atoms with E-state index in [1.807, 2.05) is 26.0 Å². The van der Waals surface area contributed by atoms with Crippen LogP contribution in [0.5, 0.6) is 5.75 Å². The summed E-state index contributed by atoms with van der Waals surface area (Å²) in [7, 11) is 0. The Morgan fingerprint density at radius 3 is 2.41 bits per heavy atom. The van der Waals surface area contributed by atoms with Crippen LogP contribution in [0.2, 0.25) is 10.0 Å². The SMILES string of the molecule is CC(=O)Nc1ccc(OC[C@@H](O)CNC(C)(C)c2ccc(Cl)c(Cl)c2)cc1. The molecule has 0 saturated heterocycles. The van der Waals surface area contributed by atoms with Crippen LogP contribution in [0.4, 0.5) is 5.69 Å². The first-order valence-electron chi connectivity index (χ1n) is 8.56. The fourth-order valence-electron chi connectivity index (χ4n) is 2.45. The van der Waals surface area contributed by atoms with Crippen LogP contribution in [-0.2, 0) is 10.3 Å². The van der Waals surface area contributed by atoms with Gasteiger partial charge in [-0.05, 0) is 55.8 Å². The highest BCUT2D eigenvalue weighted by Gasteiger charge is 2.22. The number of nitrogens with one attached hydrogen (secondary N) is 2. The molecule has 2 aromatic rings. The molecule has 0 radical (unpaired) electrons. The van der Waals surface area contributed by atoms with Crippen LogP contribution < -0.4 is 15.4 Å². The van der Waals surface area contributed by atoms with Crippen molar-refractivity contribution >= 4 is 34.8 Å². The summed E-state index contributed by atoms with van der Waals surface area (Å²) in [6.07, 6.45) is -0.693. The van der Waals surface area contributed by atoms with Crippen LogP contribution >= 0.6 is 23.2 Å². The molecule has 0 aromatic heterocycles. The Morgan fingerprint density at radius 2 is 1.81 bits per heavy atom. The summed E-state index contributed by atoms with van der Waals surface area (Å²) < 4.78 is 5.59. The molecule has 0 spiro atoms. The number of halogens is 2. The number of amides is 1. The summed E-state index contributed by atoms with van der Waals surface area (Å²) in [5.41, 5.74) is 1.27. The molecule has 27 heavy (non-hydrogen) atoms. The number of benzene rings is 2. The van der Waals surface area contributed by atoms with E-state index in [-0.39, 0.29) is 12.5 Å². The van der Waals surface area contributed by atoms with Crippen LogP contribution in [0.3, 0.4) is 0 Å². The summed E-state index contributed by atoms with van der Waals surface area (Å²) in [6, 6.07) is 12.4. The van der Waals surface area contributed by atoms with Gasteiger partial charge >= 0.3 is 0 Å². The lowest BCUT2D eigenvalue weighted by atomic mass is 9.94. The molecule has 0 fully saturated rings. The van der Waals surface area contributed by atoms with Gasteiger partial charge in [-0.25, -0.2) is 0 Å². The third-order valence-electron chi connectivity index (χ3n) is 4.04. The topological polar surface area (TPSA) is 70.6 Å². The summed E-state index contributed by atoms with van der Waals surface area (Å²) in [6.45, 7) is 5.94. The standard InChI is InChI=1S/C20H24Cl2N2O3/c1-13(25)24-15-5-7-17(8-6-15)27-12-16(26)11-23-20(2,3)14-4-9-18(21)19(22)10-14/h4-10,16,23,26H,11-12H2,1-3H3,(H,24,25)/t16-/m0/s1. The second-order valence-electron chi connectivity index (χ2n) is 6.81. The van der Waals surface area contributed by atoms with E-state index in [1.165, 1.54) is 6.92 Å². The summed E-state index contributed by atoms with van der Waals surface area (Å²) >= 11 is 12.0. The Hall–Kier alpha value is -1.79. The van der Waals surface area contributed by atoms with Crippen LogP contribution in [0.1, 0.15) is 26.3 Å². The van der Waals surface area contributed by atoms with E-state index in [0.29, 0.717) is 28.0 Å². The van der Waals surface area contributed by atoms with Gasteiger partial charge in [0.15, 0.2) is 0 Å². The lowest BCUT2D eigenvalue weighted by Crippen LogP contribution is -2.42. The zero-order valence-electron chi connectivity index (χ0n) is 15.6. The molecular formula is C20H24Cl2N2O3. The average molecular weight is 411 g/mol. The molecule has 0 heterocycles. The molecule has 0 saturated carbocycles. The Balaban J connectivity index is 1.83. The maximum atomic E-state index is 11.0. The van der Waals surface area contributed by atoms with Gasteiger partial charge in [0.2, 0.25) is 5.91 Å². The highest BCUT2D eigenvalue weighted by atomic mass is 35.5. The number of hydrogen-bond acceptors (Lipinski definition) is 4. The van der Waals surface area contributed by atoms with Crippen molar-refractivity contribution in [2.45, 2.75) is 32.4 Å². The van der Waals surface area contributed by atoms with E-state index in [2.05, 4.69) is 10.6 Å². The number of aliphatic hydroxyl groups is 1. The number of hydrogen-bond donors (Lipinski definition) is 3. The van der Waals surface area contributed by atoms with Gasteiger partial charge in [0.1, 0.15) is 18.5 Å². The quantitative estimate of drug-likeness (QED) is 0.609. The van der Waals surface area contributed by atoms with E-state index < -0.39 is 11.6 Å². The minimum Gasteiger partial charge on any atom is -0.491 e. The number of carbonyl (C=O) groups excluding carboxylic acids is 1. The van der Waals surface area contributed by atoms with E-state index in [0.717, 1.165) is 5.56 Å². The lowest BCUT2D eigenvalue weighted by Gasteiger charge is -2.28. The maximum absolute atomic E-state index is 11.0. The molecule has 0 aliphatic carbocycles. The van der Waals surface area contributed by atoms with Gasteiger partial charge < -0.3 is 20.5 Å². The predicted molar refractivity (Wildman–Crippen MR) is 110 cm³/mol. The Kier molecular flexibility index (Phi) is 7.50. The van der Waals surface area contributed by atoms with Gasteiger partial charge in [0.25, 0.3) is 0 Å². The molecule has 7 heteroatoms. The average Bonchev–Trinajstić information content (AvgIpc) is 2.61. The van der Waals surface area contributed by atoms with Crippen molar-refractivity contribution in [1.29, 1.82) is 0 Å². The summed E-state index contributed by atoms with van der Waals surface area (Å²) in [5.74, 6) is 0.488. The van der Waals surface area contributed by atoms with Crippen LogP contribution in [-0.4, -0.2) is 30.3 Å². The fraction of sp³-hybridized carbons (Fsp3) is 0.350. The van der Waals surface area contributed by atoms with Crippen LogP contribution in [0.15, 0.2) is 42.5 Å². The molecule has 0 aliphatic rings. The smallest absolute Gasteiger partial charge is 0.221 e. The van der Waals surface area contributed by atoms with Gasteiger partial charge in [-0.2, -0.15) is 0 Å². The molecule has 2 rings (SSSR count). The largest absolute Gasteiger partial charge is 0.491 e. The summed E-state index contributed by atoms with van der Waals surface area (Å²) in [5, 5.41) is 17.2. The minimum absolute atomic E-state index is 0.130. The number of rotatable bonds is 8. The molecule has 5 nitrogen and oxygen atoms in total. The molecule has 1 atom stereocenters. The first-order valence-corrected chi connectivity index (χ1v) is 9.32. The van der Waals surface area contributed by atoms with Crippen LogP contribution in [0, 0.1) is 0 Å². The molecule has 0 bridgehead atoms. The molecule has 0 unspecified atom stereocenters. The third-order valence-corrected chi connectivity index (χ3v) is 4.78. The third kappa shape index (κ3) is 6.70. The lowest BCUT2D eigenvalue weighted by molar-refractivity contribution is -0.114. The van der Waals surface area contributed by atoms with Crippen molar-refractivity contribution in [3.63, 3.8) is 0 Å². The highest BCUT2D eigenvalue weighted by molar-refractivity contribution is 6.42. The zero-order valence-corrected chi connectivity index (χ0v) is 17.1. The second kappa shape index (κ2) is 9.42. The molecular weight excluding hydrogens is 387 g/mol. The van der Waals surface area contributed by atoms with Gasteiger partial charge in [-0.3, -0.25) is 4.79 Å². The van der Waals surface area contributed by atoms with E-state index in [9.17, 15) is 9.90 Å². The monoisotopic (exact) mass is 410 g/mol. The van der Waals surface area contributed by atoms with Gasteiger partial charge in [0, 0.05) is 24.7 Å². The van der Waals surface area contributed by atoms with E-state index >= 15 is 0 Å². The van der Waals surface area contributed by atoms with Crippen molar-refractivity contribution in [3.8, 4) is 5.75 Å². The Morgan fingerprint density at radius 1 is 1.15 bits per heavy atom. The summed E-state index contributed by atoms with van der Waals surface area (Å²) in [4.78, 5) is 11.0. The van der Waals surface area contributed by atoms with Crippen LogP contribution in [0.25, 0.3) is 0 Å². The number of carbonyl (C=O) groups is 1. The normalized spacial score (nSPS) is 12.5.